The minimum Gasteiger partial charge on any atom is -0.444 e. The molecule has 1 aliphatic rings. The molecule has 1 N–H and O–H groups in total. The van der Waals surface area contributed by atoms with Crippen LogP contribution < -0.4 is 5.32 Å². The van der Waals surface area contributed by atoms with E-state index in [9.17, 15) is 0 Å². The Morgan fingerprint density at radius 2 is 2.06 bits per heavy atom. The van der Waals surface area contributed by atoms with Crippen LogP contribution in [0.25, 0.3) is 0 Å². The van der Waals surface area contributed by atoms with Crippen molar-refractivity contribution in [3.63, 3.8) is 0 Å². The average Bonchev–Trinajstić information content (AvgIpc) is 3.08. The fraction of sp³-hybridized carbons (Fsp3) is 0.400. The SMILES string of the molecule is CNC(C)c1ncc(C2CC2c2ccccc2)o1. The van der Waals surface area contributed by atoms with Crippen LogP contribution in [0.1, 0.15) is 48.4 Å². The molecule has 3 atom stereocenters. The lowest BCUT2D eigenvalue weighted by molar-refractivity contribution is 0.407. The Balaban J connectivity index is 1.73. The first-order chi connectivity index (χ1) is 8.79. The first-order valence-corrected chi connectivity index (χ1v) is 6.47. The van der Waals surface area contributed by atoms with Gasteiger partial charge in [0.2, 0.25) is 5.89 Å². The molecule has 1 heterocycles. The molecule has 1 saturated carbocycles. The maximum Gasteiger partial charge on any atom is 0.211 e. The van der Waals surface area contributed by atoms with Gasteiger partial charge in [0, 0.05) is 5.92 Å². The molecule has 1 aromatic carbocycles. The van der Waals surface area contributed by atoms with Gasteiger partial charge >= 0.3 is 0 Å². The van der Waals surface area contributed by atoms with Gasteiger partial charge in [0.1, 0.15) is 5.76 Å². The summed E-state index contributed by atoms with van der Waals surface area (Å²) in [7, 11) is 1.92. The second-order valence-corrected chi connectivity index (χ2v) is 4.97. The van der Waals surface area contributed by atoms with Crippen LogP contribution in [0.4, 0.5) is 0 Å². The van der Waals surface area contributed by atoms with Gasteiger partial charge in [0.15, 0.2) is 0 Å². The quantitative estimate of drug-likeness (QED) is 0.894. The van der Waals surface area contributed by atoms with Crippen molar-refractivity contribution in [2.75, 3.05) is 7.05 Å². The first kappa shape index (κ1) is 11.5. The molecule has 3 unspecified atom stereocenters. The number of nitrogens with one attached hydrogen (secondary N) is 1. The first-order valence-electron chi connectivity index (χ1n) is 6.47. The highest BCUT2D eigenvalue weighted by atomic mass is 16.4. The Hall–Kier alpha value is -1.61. The summed E-state index contributed by atoms with van der Waals surface area (Å²) < 4.78 is 5.84. The summed E-state index contributed by atoms with van der Waals surface area (Å²) in [6, 6.07) is 10.8. The highest BCUT2D eigenvalue weighted by Crippen LogP contribution is 2.54. The van der Waals surface area contributed by atoms with E-state index in [1.54, 1.807) is 0 Å². The van der Waals surface area contributed by atoms with Crippen LogP contribution in [-0.4, -0.2) is 12.0 Å². The largest absolute Gasteiger partial charge is 0.444 e. The number of benzene rings is 1. The molecule has 0 radical (unpaired) electrons. The third kappa shape index (κ3) is 2.06. The van der Waals surface area contributed by atoms with Gasteiger partial charge in [-0.15, -0.1) is 0 Å². The molecule has 94 valence electrons. The summed E-state index contributed by atoms with van der Waals surface area (Å²) >= 11 is 0. The van der Waals surface area contributed by atoms with Gasteiger partial charge in [-0.25, -0.2) is 4.98 Å². The van der Waals surface area contributed by atoms with Gasteiger partial charge in [-0.2, -0.15) is 0 Å². The minimum atomic E-state index is 0.174. The van der Waals surface area contributed by atoms with Gasteiger partial charge in [-0.3, -0.25) is 0 Å². The molecule has 3 nitrogen and oxygen atoms in total. The van der Waals surface area contributed by atoms with Crippen LogP contribution in [0.5, 0.6) is 0 Å². The van der Waals surface area contributed by atoms with E-state index in [-0.39, 0.29) is 6.04 Å². The van der Waals surface area contributed by atoms with Crippen molar-refractivity contribution in [3.05, 3.63) is 53.7 Å². The molecule has 0 bridgehead atoms. The Morgan fingerprint density at radius 1 is 1.28 bits per heavy atom. The van der Waals surface area contributed by atoms with Gasteiger partial charge < -0.3 is 9.73 Å². The Bertz CT molecular complexity index is 520. The van der Waals surface area contributed by atoms with E-state index in [0.717, 1.165) is 11.7 Å². The molecule has 2 aromatic rings. The third-order valence-corrected chi connectivity index (χ3v) is 3.73. The summed E-state index contributed by atoms with van der Waals surface area (Å²) in [4.78, 5) is 4.35. The number of hydrogen-bond donors (Lipinski definition) is 1. The van der Waals surface area contributed by atoms with E-state index in [2.05, 4.69) is 47.6 Å². The second-order valence-electron chi connectivity index (χ2n) is 4.97. The van der Waals surface area contributed by atoms with Crippen LogP contribution in [-0.2, 0) is 0 Å². The highest BCUT2D eigenvalue weighted by Gasteiger charge is 2.42. The third-order valence-electron chi connectivity index (χ3n) is 3.73. The summed E-state index contributed by atoms with van der Waals surface area (Å²) in [5, 5.41) is 3.14. The predicted octanol–water partition coefficient (Wildman–Crippen LogP) is 3.23. The summed E-state index contributed by atoms with van der Waals surface area (Å²) in [6.45, 7) is 2.05. The van der Waals surface area contributed by atoms with Crippen LogP contribution in [0.2, 0.25) is 0 Å². The number of nitrogens with zero attached hydrogens (tertiary/aromatic N) is 1. The molecular formula is C15H18N2O. The minimum absolute atomic E-state index is 0.174. The van der Waals surface area contributed by atoms with Gasteiger partial charge in [-0.1, -0.05) is 30.3 Å². The number of oxazole rings is 1. The number of rotatable bonds is 4. The molecule has 1 fully saturated rings. The van der Waals surface area contributed by atoms with Gasteiger partial charge in [0.25, 0.3) is 0 Å². The lowest BCUT2D eigenvalue weighted by atomic mass is 10.1. The fourth-order valence-electron chi connectivity index (χ4n) is 2.37. The molecule has 0 aliphatic heterocycles. The number of hydrogen-bond acceptors (Lipinski definition) is 3. The van der Waals surface area contributed by atoms with Crippen molar-refractivity contribution in [1.29, 1.82) is 0 Å². The van der Waals surface area contributed by atoms with E-state index in [1.807, 2.05) is 13.2 Å². The van der Waals surface area contributed by atoms with Crippen molar-refractivity contribution >= 4 is 0 Å². The molecule has 3 rings (SSSR count). The monoisotopic (exact) mass is 242 g/mol. The molecule has 3 heteroatoms. The zero-order chi connectivity index (χ0) is 12.5. The summed E-state index contributed by atoms with van der Waals surface area (Å²) in [6.07, 6.45) is 3.06. The van der Waals surface area contributed by atoms with Gasteiger partial charge in [-0.05, 0) is 31.9 Å². The molecule has 18 heavy (non-hydrogen) atoms. The zero-order valence-electron chi connectivity index (χ0n) is 10.8. The Morgan fingerprint density at radius 3 is 2.78 bits per heavy atom. The predicted molar refractivity (Wildman–Crippen MR) is 70.5 cm³/mol. The van der Waals surface area contributed by atoms with E-state index >= 15 is 0 Å². The molecule has 1 aromatic heterocycles. The van der Waals surface area contributed by atoms with Gasteiger partial charge in [0.05, 0.1) is 12.2 Å². The van der Waals surface area contributed by atoms with Crippen LogP contribution in [0.3, 0.4) is 0 Å². The highest BCUT2D eigenvalue weighted by molar-refractivity contribution is 5.31. The van der Waals surface area contributed by atoms with E-state index in [0.29, 0.717) is 11.8 Å². The van der Waals surface area contributed by atoms with Crippen molar-refractivity contribution in [3.8, 4) is 0 Å². The van der Waals surface area contributed by atoms with Crippen LogP contribution >= 0.6 is 0 Å². The fourth-order valence-corrected chi connectivity index (χ4v) is 2.37. The van der Waals surface area contributed by atoms with Crippen molar-refractivity contribution in [2.45, 2.75) is 31.2 Å². The lowest BCUT2D eigenvalue weighted by Gasteiger charge is -2.03. The standard InChI is InChI=1S/C15H18N2O/c1-10(16-2)15-17-9-14(18-15)13-8-12(13)11-6-4-3-5-7-11/h3-7,9-10,12-13,16H,8H2,1-2H3. The molecule has 1 aliphatic carbocycles. The average molecular weight is 242 g/mol. The maximum atomic E-state index is 5.84. The van der Waals surface area contributed by atoms with Crippen molar-refractivity contribution < 1.29 is 4.42 Å². The topological polar surface area (TPSA) is 38.1 Å². The summed E-state index contributed by atoms with van der Waals surface area (Å²) in [5.74, 6) is 2.93. The molecule has 0 amide bonds. The summed E-state index contributed by atoms with van der Waals surface area (Å²) in [5.41, 5.74) is 1.40. The van der Waals surface area contributed by atoms with E-state index < -0.39 is 0 Å². The van der Waals surface area contributed by atoms with Crippen LogP contribution in [0.15, 0.2) is 40.9 Å². The Kier molecular flexibility index (Phi) is 2.92. The maximum absolute atomic E-state index is 5.84. The van der Waals surface area contributed by atoms with E-state index in [1.165, 1.54) is 12.0 Å². The molecular weight excluding hydrogens is 224 g/mol. The van der Waals surface area contributed by atoms with Crippen LogP contribution in [0, 0.1) is 0 Å². The zero-order valence-corrected chi connectivity index (χ0v) is 10.8. The van der Waals surface area contributed by atoms with Crippen molar-refractivity contribution in [1.82, 2.24) is 10.3 Å². The second kappa shape index (κ2) is 4.58. The van der Waals surface area contributed by atoms with Crippen molar-refractivity contribution in [2.24, 2.45) is 0 Å². The molecule has 0 saturated heterocycles. The normalized spacial score (nSPS) is 23.9. The Labute approximate surface area is 107 Å². The number of aromatic nitrogens is 1. The van der Waals surface area contributed by atoms with E-state index in [4.69, 9.17) is 4.42 Å². The smallest absolute Gasteiger partial charge is 0.211 e. The molecule has 0 spiro atoms. The lowest BCUT2D eigenvalue weighted by Crippen LogP contribution is -2.12.